The number of aliphatic imine (C=N–C) groups is 1. The van der Waals surface area contributed by atoms with E-state index in [-0.39, 0.29) is 28.7 Å². The van der Waals surface area contributed by atoms with Gasteiger partial charge in [-0.15, -0.1) is 0 Å². The highest BCUT2D eigenvalue weighted by molar-refractivity contribution is 8.15. The molecule has 8 nitrogen and oxygen atoms in total. The molecule has 170 valence electrons. The Hall–Kier alpha value is -2.72. The number of hydrogen-bond acceptors (Lipinski definition) is 8. The summed E-state index contributed by atoms with van der Waals surface area (Å²) >= 11 is 1.45. The normalized spacial score (nSPS) is 20.9. The minimum Gasteiger partial charge on any atom is -0.493 e. The number of thioether (sulfide) groups is 1. The highest BCUT2D eigenvalue weighted by atomic mass is 32.2. The lowest BCUT2D eigenvalue weighted by Gasteiger charge is -2.11. The molecule has 0 bridgehead atoms. The number of sulfone groups is 1. The fraction of sp³-hybridized carbons (Fsp3) is 0.364. The zero-order valence-electron chi connectivity index (χ0n) is 17.8. The number of amides is 1. The molecule has 1 fully saturated rings. The van der Waals surface area contributed by atoms with E-state index in [1.807, 2.05) is 24.3 Å². The number of nitrogens with one attached hydrogen (secondary N) is 2. The topological polar surface area (TPSA) is 106 Å². The van der Waals surface area contributed by atoms with E-state index in [0.717, 1.165) is 11.3 Å². The highest BCUT2D eigenvalue weighted by Gasteiger charge is 2.42. The quantitative estimate of drug-likeness (QED) is 0.633. The molecule has 2 N–H and O–H groups in total. The van der Waals surface area contributed by atoms with Gasteiger partial charge in [0.05, 0.1) is 31.8 Å². The zero-order valence-corrected chi connectivity index (χ0v) is 19.5. The molecule has 2 heterocycles. The lowest BCUT2D eigenvalue weighted by atomic mass is 10.1. The predicted octanol–water partition coefficient (Wildman–Crippen LogP) is 2.36. The van der Waals surface area contributed by atoms with E-state index in [1.165, 1.54) is 11.8 Å². The molecule has 1 saturated heterocycles. The van der Waals surface area contributed by atoms with E-state index in [4.69, 9.17) is 9.47 Å². The summed E-state index contributed by atoms with van der Waals surface area (Å²) in [7, 11) is 0.205. The summed E-state index contributed by atoms with van der Waals surface area (Å²) in [6.45, 7) is 0.479. The van der Waals surface area contributed by atoms with Crippen molar-refractivity contribution in [3.63, 3.8) is 0 Å². The maximum Gasteiger partial charge on any atom is 0.251 e. The third kappa shape index (κ3) is 5.18. The molecule has 4 rings (SSSR count). The molecule has 10 heteroatoms. The van der Waals surface area contributed by atoms with Crippen LogP contribution in [0.3, 0.4) is 0 Å². The van der Waals surface area contributed by atoms with Crippen LogP contribution in [-0.4, -0.2) is 63.1 Å². The Morgan fingerprint density at radius 1 is 1.12 bits per heavy atom. The number of anilines is 1. The third-order valence-corrected chi connectivity index (χ3v) is 8.48. The van der Waals surface area contributed by atoms with Gasteiger partial charge in [-0.05, 0) is 42.3 Å². The average molecular weight is 476 g/mol. The predicted molar refractivity (Wildman–Crippen MR) is 127 cm³/mol. The number of benzene rings is 2. The molecule has 32 heavy (non-hydrogen) atoms. The van der Waals surface area contributed by atoms with Crippen molar-refractivity contribution in [1.29, 1.82) is 0 Å². The fourth-order valence-electron chi connectivity index (χ4n) is 3.74. The Kier molecular flexibility index (Phi) is 6.61. The van der Waals surface area contributed by atoms with Crippen molar-refractivity contribution in [2.24, 2.45) is 4.99 Å². The van der Waals surface area contributed by atoms with Crippen molar-refractivity contribution in [2.45, 2.75) is 17.7 Å². The van der Waals surface area contributed by atoms with Crippen LogP contribution in [0.4, 0.5) is 5.69 Å². The van der Waals surface area contributed by atoms with E-state index in [9.17, 15) is 13.2 Å². The number of methoxy groups -OCH3 is 2. The van der Waals surface area contributed by atoms with Crippen LogP contribution < -0.4 is 20.1 Å². The number of fused-ring (bicyclic) bond motifs is 1. The van der Waals surface area contributed by atoms with Crippen molar-refractivity contribution >= 4 is 38.4 Å². The molecular formula is C22H25N3O5S2. The smallest absolute Gasteiger partial charge is 0.251 e. The second-order valence-electron chi connectivity index (χ2n) is 7.64. The Morgan fingerprint density at radius 3 is 2.69 bits per heavy atom. The Balaban J connectivity index is 1.32. The maximum atomic E-state index is 12.6. The fourth-order valence-corrected chi connectivity index (χ4v) is 7.41. The number of nitrogens with zero attached hydrogens (tertiary/aromatic N) is 1. The molecule has 2 atom stereocenters. The summed E-state index contributed by atoms with van der Waals surface area (Å²) in [5.74, 6) is 1.43. The first-order chi connectivity index (χ1) is 15.4. The lowest BCUT2D eigenvalue weighted by molar-refractivity contribution is 0.0954. The van der Waals surface area contributed by atoms with Crippen molar-refractivity contribution in [2.75, 3.05) is 37.6 Å². The number of carbonyl (C=O) groups is 1. The van der Waals surface area contributed by atoms with Crippen LogP contribution in [-0.2, 0) is 16.3 Å². The van der Waals surface area contributed by atoms with Gasteiger partial charge in [-0.1, -0.05) is 23.9 Å². The molecule has 0 saturated carbocycles. The van der Waals surface area contributed by atoms with E-state index >= 15 is 0 Å². The molecular weight excluding hydrogens is 450 g/mol. The molecule has 0 spiro atoms. The second-order valence-corrected chi connectivity index (χ2v) is 11.0. The van der Waals surface area contributed by atoms with Crippen LogP contribution in [0.5, 0.6) is 11.5 Å². The first kappa shape index (κ1) is 22.5. The molecule has 0 aliphatic carbocycles. The minimum absolute atomic E-state index is 0.0226. The zero-order chi connectivity index (χ0) is 22.7. The molecule has 0 aromatic heterocycles. The van der Waals surface area contributed by atoms with Gasteiger partial charge in [-0.25, -0.2) is 8.42 Å². The van der Waals surface area contributed by atoms with Gasteiger partial charge in [0, 0.05) is 23.0 Å². The van der Waals surface area contributed by atoms with Gasteiger partial charge in [0.2, 0.25) is 0 Å². The summed E-state index contributed by atoms with van der Waals surface area (Å²) in [5, 5.41) is 6.82. The van der Waals surface area contributed by atoms with Crippen molar-refractivity contribution in [3.05, 3.63) is 53.6 Å². The van der Waals surface area contributed by atoms with E-state index in [2.05, 4.69) is 15.6 Å². The van der Waals surface area contributed by atoms with Gasteiger partial charge >= 0.3 is 0 Å². The standard InChI is InChI=1S/C22H25N3O5S2/c1-29-18-7-6-14(10-19(18)30-2)8-9-23-21(26)15-4-3-5-16(11-15)24-22-25-17-12-32(27,28)13-20(17)31-22/h3-7,10-11,17,20H,8-9,12-13H2,1-2H3,(H,23,26)(H,24,25)/t17-,20-/m0/s1. The van der Waals surface area contributed by atoms with Crippen molar-refractivity contribution < 1.29 is 22.7 Å². The minimum atomic E-state index is -2.98. The van der Waals surface area contributed by atoms with Crippen molar-refractivity contribution in [1.82, 2.24) is 5.32 Å². The molecule has 2 aromatic carbocycles. The summed E-state index contributed by atoms with van der Waals surface area (Å²) in [6.07, 6.45) is 0.656. The molecule has 2 aromatic rings. The molecule has 0 unspecified atom stereocenters. The van der Waals surface area contributed by atoms with E-state index < -0.39 is 9.84 Å². The number of rotatable bonds is 7. The number of amidine groups is 1. The first-order valence-electron chi connectivity index (χ1n) is 10.2. The molecule has 2 aliphatic rings. The summed E-state index contributed by atoms with van der Waals surface area (Å²) in [6, 6.07) is 12.7. The molecule has 0 radical (unpaired) electrons. The second kappa shape index (κ2) is 9.41. The summed E-state index contributed by atoms with van der Waals surface area (Å²) in [4.78, 5) is 17.1. The van der Waals surface area contributed by atoms with Crippen LogP contribution in [0.1, 0.15) is 15.9 Å². The Bertz CT molecular complexity index is 1150. The highest BCUT2D eigenvalue weighted by Crippen LogP contribution is 2.34. The van der Waals surface area contributed by atoms with Gasteiger partial charge in [0.1, 0.15) is 0 Å². The number of ether oxygens (including phenoxy) is 2. The number of hydrogen-bond donors (Lipinski definition) is 2. The number of carbonyl (C=O) groups excluding carboxylic acids is 1. The Morgan fingerprint density at radius 2 is 1.94 bits per heavy atom. The van der Waals surface area contributed by atoms with Gasteiger partial charge in [-0.3, -0.25) is 9.79 Å². The summed E-state index contributed by atoms with van der Waals surface area (Å²) < 4.78 is 34.0. The SMILES string of the molecule is COc1ccc(CCNC(=O)c2cccc(NC3=N[C@H]4CS(=O)(=O)C[C@@H]4S3)c2)cc1OC. The van der Waals surface area contributed by atoms with Crippen LogP contribution >= 0.6 is 11.8 Å². The summed E-state index contributed by atoms with van der Waals surface area (Å²) in [5.41, 5.74) is 2.31. The third-order valence-electron chi connectivity index (χ3n) is 5.34. The van der Waals surface area contributed by atoms with Gasteiger partial charge in [-0.2, -0.15) is 0 Å². The van der Waals surface area contributed by atoms with Gasteiger partial charge in [0.25, 0.3) is 5.91 Å². The van der Waals surface area contributed by atoms with Crippen LogP contribution in [0, 0.1) is 0 Å². The van der Waals surface area contributed by atoms with Crippen LogP contribution in [0.2, 0.25) is 0 Å². The first-order valence-corrected chi connectivity index (χ1v) is 12.9. The molecule has 2 aliphatic heterocycles. The van der Waals surface area contributed by atoms with Crippen LogP contribution in [0.15, 0.2) is 47.5 Å². The average Bonchev–Trinajstić information content (AvgIpc) is 3.26. The van der Waals surface area contributed by atoms with Crippen LogP contribution in [0.25, 0.3) is 0 Å². The lowest BCUT2D eigenvalue weighted by Crippen LogP contribution is -2.25. The Labute approximate surface area is 191 Å². The maximum absolute atomic E-state index is 12.6. The van der Waals surface area contributed by atoms with Crippen molar-refractivity contribution in [3.8, 4) is 11.5 Å². The van der Waals surface area contributed by atoms with E-state index in [0.29, 0.717) is 35.2 Å². The van der Waals surface area contributed by atoms with Gasteiger partial charge in [0.15, 0.2) is 26.5 Å². The largest absolute Gasteiger partial charge is 0.493 e. The van der Waals surface area contributed by atoms with E-state index in [1.54, 1.807) is 32.4 Å². The monoisotopic (exact) mass is 475 g/mol. The molecule has 1 amide bonds. The van der Waals surface area contributed by atoms with Gasteiger partial charge < -0.3 is 20.1 Å².